The number of anilines is 1. The van der Waals surface area contributed by atoms with Crippen LogP contribution in [-0.2, 0) is 35.1 Å². The Morgan fingerprint density at radius 1 is 0.786 bits per heavy atom. The minimum Gasteiger partial charge on any atom is -0.457 e. The van der Waals surface area contributed by atoms with Gasteiger partial charge in [-0.1, -0.05) is 24.3 Å². The minimum atomic E-state index is -0.624. The van der Waals surface area contributed by atoms with Crippen molar-refractivity contribution in [1.82, 2.24) is 44.7 Å². The Labute approximate surface area is 412 Å². The second kappa shape index (κ2) is 23.8. The molecule has 0 bridgehead atoms. The number of rotatable bonds is 22. The van der Waals surface area contributed by atoms with Gasteiger partial charge in [-0.2, -0.15) is 5.10 Å². The molecule has 3 aromatic carbocycles. The number of ether oxygens (including phenoxy) is 4. The number of hydrogen-bond acceptors (Lipinski definition) is 15. The molecule has 19 heteroatoms. The van der Waals surface area contributed by atoms with Crippen molar-refractivity contribution in [3.05, 3.63) is 90.3 Å². The van der Waals surface area contributed by atoms with Gasteiger partial charge in [0, 0.05) is 87.0 Å². The first-order chi connectivity index (χ1) is 34.3. The van der Waals surface area contributed by atoms with Crippen molar-refractivity contribution in [2.45, 2.75) is 62.0 Å². The second-order valence-electron chi connectivity index (χ2n) is 18.0. The van der Waals surface area contributed by atoms with Gasteiger partial charge in [0.15, 0.2) is 5.65 Å². The topological polar surface area (TPSA) is 200 Å². The van der Waals surface area contributed by atoms with Crippen LogP contribution >= 0.6 is 11.8 Å². The molecule has 0 spiro atoms. The molecule has 6 heterocycles. The van der Waals surface area contributed by atoms with Gasteiger partial charge in [0.05, 0.1) is 51.1 Å². The van der Waals surface area contributed by atoms with Gasteiger partial charge in [0.2, 0.25) is 17.7 Å². The molecule has 2 atom stereocenters. The van der Waals surface area contributed by atoms with E-state index in [9.17, 15) is 19.2 Å². The fraction of sp³-hybridized carbons (Fsp3) is 0.471. The van der Waals surface area contributed by atoms with Crippen LogP contribution in [0.15, 0.2) is 84.0 Å². The van der Waals surface area contributed by atoms with Gasteiger partial charge >= 0.3 is 0 Å². The Kier molecular flexibility index (Phi) is 16.6. The number of piperidine rings is 2. The highest BCUT2D eigenvalue weighted by molar-refractivity contribution is 7.99. The Hall–Kier alpha value is -5.96. The molecule has 4 aliphatic heterocycles. The van der Waals surface area contributed by atoms with E-state index >= 15 is 0 Å². The van der Waals surface area contributed by atoms with Gasteiger partial charge in [0.1, 0.15) is 35.4 Å². The van der Waals surface area contributed by atoms with Crippen LogP contribution < -0.4 is 15.8 Å². The second-order valence-corrected chi connectivity index (χ2v) is 19.1. The predicted molar refractivity (Wildman–Crippen MR) is 264 cm³/mol. The first-order valence-electron chi connectivity index (χ1n) is 24.5. The molecule has 2 aromatic heterocycles. The smallest absolute Gasteiger partial charge is 0.255 e. The number of benzene rings is 3. The summed E-state index contributed by atoms with van der Waals surface area (Å²) < 4.78 is 25.3. The molecule has 5 aromatic rings. The number of carbonyl (C=O) groups excluding carboxylic acids is 4. The molecular formula is C51H62N10O8S. The van der Waals surface area contributed by atoms with Gasteiger partial charge in [-0.25, -0.2) is 14.6 Å². The third-order valence-electron chi connectivity index (χ3n) is 13.4. The Bertz CT molecular complexity index is 2590. The number of amides is 4. The molecule has 3 N–H and O–H groups in total. The van der Waals surface area contributed by atoms with Gasteiger partial charge in [0.25, 0.3) is 5.91 Å². The number of para-hydroxylation sites is 1. The Morgan fingerprint density at radius 2 is 1.51 bits per heavy atom. The molecule has 4 aliphatic rings. The molecule has 0 saturated carbocycles. The lowest BCUT2D eigenvalue weighted by atomic mass is 10.0. The number of carbonyl (C=O) groups is 4. The zero-order valence-corrected chi connectivity index (χ0v) is 40.4. The number of nitrogens with zero attached hydrogens (tertiary/aromatic N) is 8. The molecule has 0 radical (unpaired) electrons. The van der Waals surface area contributed by atoms with Crippen molar-refractivity contribution >= 4 is 52.2 Å². The number of nitrogen functional groups attached to an aromatic ring is 1. The number of hydrogen-bond donors (Lipinski definition) is 2. The van der Waals surface area contributed by atoms with Gasteiger partial charge in [-0.15, -0.1) is 11.8 Å². The van der Waals surface area contributed by atoms with Crippen molar-refractivity contribution < 1.29 is 38.1 Å². The normalized spacial score (nSPS) is 18.9. The lowest BCUT2D eigenvalue weighted by Crippen LogP contribution is -2.52. The molecule has 18 nitrogen and oxygen atoms in total. The Balaban J connectivity index is 0.612. The number of likely N-dealkylation sites (tertiary alicyclic amines) is 1. The van der Waals surface area contributed by atoms with Crippen LogP contribution in [0.2, 0.25) is 0 Å². The fourth-order valence-electron chi connectivity index (χ4n) is 9.63. The van der Waals surface area contributed by atoms with Crippen LogP contribution in [0.3, 0.4) is 0 Å². The summed E-state index contributed by atoms with van der Waals surface area (Å²) >= 11 is 1.63. The maximum absolute atomic E-state index is 13.6. The van der Waals surface area contributed by atoms with Crippen LogP contribution in [0.25, 0.3) is 22.3 Å². The summed E-state index contributed by atoms with van der Waals surface area (Å²) in [5, 5.41) is 8.13. The van der Waals surface area contributed by atoms with Crippen molar-refractivity contribution in [1.29, 1.82) is 0 Å². The highest BCUT2D eigenvalue weighted by Crippen LogP contribution is 2.36. The first-order valence-corrected chi connectivity index (χ1v) is 25.4. The molecule has 370 valence electrons. The summed E-state index contributed by atoms with van der Waals surface area (Å²) in [6.07, 6.45) is 5.17. The first kappa shape index (κ1) is 49.0. The maximum atomic E-state index is 13.6. The molecule has 4 amide bonds. The van der Waals surface area contributed by atoms with E-state index in [0.29, 0.717) is 99.4 Å². The standard InChI is InChI=1S/C51H62N10O8S/c52-48-46-47(36-13-15-39(16-14-36)69-38-8-2-1-3-9-38)56-61(49(46)54-35-53-48)37-7-5-20-59(33-37)45(63)12-6-19-57-21-23-58(24-22-57)25-26-66-27-28-67-29-30-68-31-32-70-43-11-4-10-40-41(43)34-60(51(40)65)42-17-18-44(62)55-50(42)64/h1-4,8-11,13-16,35,37,42H,5-7,12,17-34H2,(H2,52,53,54)(H,55,62,64)/t37-,42?/m1/s1. The van der Waals surface area contributed by atoms with Crippen molar-refractivity contribution in [2.75, 3.05) is 103 Å². The minimum absolute atomic E-state index is 0.0286. The number of imide groups is 1. The number of aromatic nitrogens is 4. The SMILES string of the molecule is Nc1ncnc2c1c(-c1ccc(Oc3ccccc3)cc1)nn2[C@@H]1CCCN(C(=O)CCCN2CCN(CCOCCOCCOCCSc3cccc4c3CN(C3CCC(=O)NC3=O)C4=O)CC2)C1. The lowest BCUT2D eigenvalue weighted by molar-refractivity contribution is -0.137. The van der Waals surface area contributed by atoms with E-state index in [0.717, 1.165) is 92.6 Å². The largest absolute Gasteiger partial charge is 0.457 e. The van der Waals surface area contributed by atoms with E-state index in [4.69, 9.17) is 29.8 Å². The lowest BCUT2D eigenvalue weighted by Gasteiger charge is -2.35. The number of nitrogens with two attached hydrogens (primary N) is 1. The molecule has 70 heavy (non-hydrogen) atoms. The van der Waals surface area contributed by atoms with Gasteiger partial charge in [-0.05, 0) is 86.3 Å². The van der Waals surface area contributed by atoms with Crippen LogP contribution in [0.4, 0.5) is 5.82 Å². The third kappa shape index (κ3) is 12.1. The van der Waals surface area contributed by atoms with E-state index < -0.39 is 11.9 Å². The number of fused-ring (bicyclic) bond motifs is 2. The summed E-state index contributed by atoms with van der Waals surface area (Å²) in [5.41, 5.74) is 10.2. The highest BCUT2D eigenvalue weighted by atomic mass is 32.2. The summed E-state index contributed by atoms with van der Waals surface area (Å²) in [5.74, 6) is 1.89. The van der Waals surface area contributed by atoms with Crippen LogP contribution in [0, 0.1) is 0 Å². The van der Waals surface area contributed by atoms with Gasteiger partial charge in [-0.3, -0.25) is 29.4 Å². The fourth-order valence-corrected chi connectivity index (χ4v) is 10.6. The van der Waals surface area contributed by atoms with E-state index in [2.05, 4.69) is 25.1 Å². The highest BCUT2D eigenvalue weighted by Gasteiger charge is 2.40. The molecule has 3 fully saturated rings. The summed E-state index contributed by atoms with van der Waals surface area (Å²) in [7, 11) is 0. The molecule has 0 aliphatic carbocycles. The zero-order valence-electron chi connectivity index (χ0n) is 39.5. The summed E-state index contributed by atoms with van der Waals surface area (Å²) in [6.45, 7) is 10.5. The summed E-state index contributed by atoms with van der Waals surface area (Å²) in [4.78, 5) is 69.0. The maximum Gasteiger partial charge on any atom is 0.255 e. The quantitative estimate of drug-likeness (QED) is 0.0531. The molecule has 1 unspecified atom stereocenters. The third-order valence-corrected chi connectivity index (χ3v) is 14.4. The monoisotopic (exact) mass is 974 g/mol. The number of piperazine rings is 1. The average Bonchev–Trinajstić information content (AvgIpc) is 3.94. The van der Waals surface area contributed by atoms with Crippen LogP contribution in [-0.4, -0.2) is 167 Å². The number of nitrogens with one attached hydrogen (secondary N) is 1. The van der Waals surface area contributed by atoms with E-state index in [1.807, 2.05) is 76.3 Å². The van der Waals surface area contributed by atoms with Crippen LogP contribution in [0.5, 0.6) is 11.5 Å². The summed E-state index contributed by atoms with van der Waals surface area (Å²) in [6, 6.07) is 22.4. The van der Waals surface area contributed by atoms with Gasteiger partial charge < -0.3 is 39.4 Å². The predicted octanol–water partition coefficient (Wildman–Crippen LogP) is 5.03. The molecular weight excluding hydrogens is 913 g/mol. The molecule has 3 saturated heterocycles. The van der Waals surface area contributed by atoms with E-state index in [1.165, 1.54) is 6.33 Å². The van der Waals surface area contributed by atoms with E-state index in [-0.39, 0.29) is 30.2 Å². The average molecular weight is 975 g/mol. The van der Waals surface area contributed by atoms with Crippen LogP contribution in [0.1, 0.15) is 60.5 Å². The molecule has 9 rings (SSSR count). The zero-order chi connectivity index (χ0) is 48.2. The van der Waals surface area contributed by atoms with Crippen molar-refractivity contribution in [2.24, 2.45) is 0 Å². The van der Waals surface area contributed by atoms with Crippen molar-refractivity contribution in [3.63, 3.8) is 0 Å². The van der Waals surface area contributed by atoms with Crippen molar-refractivity contribution in [3.8, 4) is 22.8 Å². The number of thioether (sulfide) groups is 1. The Morgan fingerprint density at radius 3 is 2.29 bits per heavy atom. The van der Waals surface area contributed by atoms with E-state index in [1.54, 1.807) is 22.7 Å².